The van der Waals surface area contributed by atoms with Gasteiger partial charge in [-0.1, -0.05) is 48.6 Å². The standard InChI is InChI=1S/C21H32O2Si/c1-20(2)22-14-21(15-23-20)12-16-10-19(11-17(16)13-21)24(3,4)18-8-6-5-7-9-18/h5-9,16-17,19H,10-15H2,1-4H3/t16-,17-/m0/s1. The third-order valence-electron chi connectivity index (χ3n) is 7.22. The highest BCUT2D eigenvalue weighted by atomic mass is 28.3. The van der Waals surface area contributed by atoms with Crippen LogP contribution in [0.1, 0.15) is 39.5 Å². The van der Waals surface area contributed by atoms with Crippen LogP contribution in [0.2, 0.25) is 18.6 Å². The van der Waals surface area contributed by atoms with Crippen LogP contribution in [0.5, 0.6) is 0 Å². The number of rotatable bonds is 2. The van der Waals surface area contributed by atoms with Gasteiger partial charge in [0.05, 0.1) is 21.3 Å². The molecule has 2 nitrogen and oxygen atoms in total. The van der Waals surface area contributed by atoms with E-state index in [1.54, 1.807) is 5.19 Å². The Morgan fingerprint density at radius 1 is 0.917 bits per heavy atom. The molecule has 1 aliphatic heterocycles. The molecule has 132 valence electrons. The first-order valence-corrected chi connectivity index (χ1v) is 12.7. The lowest BCUT2D eigenvalue weighted by Crippen LogP contribution is -2.47. The maximum atomic E-state index is 6.02. The third-order valence-corrected chi connectivity index (χ3v) is 11.6. The summed E-state index contributed by atoms with van der Waals surface area (Å²) in [7, 11) is -1.36. The molecule has 3 aliphatic rings. The van der Waals surface area contributed by atoms with Gasteiger partial charge in [0.2, 0.25) is 0 Å². The molecule has 3 heteroatoms. The van der Waals surface area contributed by atoms with Gasteiger partial charge in [0.25, 0.3) is 0 Å². The Bertz CT molecular complexity index is 569. The van der Waals surface area contributed by atoms with Crippen LogP contribution < -0.4 is 5.19 Å². The molecule has 24 heavy (non-hydrogen) atoms. The molecule has 0 unspecified atom stereocenters. The van der Waals surface area contributed by atoms with Gasteiger partial charge in [0.1, 0.15) is 0 Å². The van der Waals surface area contributed by atoms with E-state index in [1.165, 1.54) is 25.7 Å². The zero-order valence-corrected chi connectivity index (χ0v) is 16.7. The van der Waals surface area contributed by atoms with Crippen LogP contribution in [-0.2, 0) is 9.47 Å². The quantitative estimate of drug-likeness (QED) is 0.732. The van der Waals surface area contributed by atoms with E-state index in [9.17, 15) is 0 Å². The first-order chi connectivity index (χ1) is 11.3. The van der Waals surface area contributed by atoms with E-state index in [0.29, 0.717) is 5.41 Å². The normalized spacial score (nSPS) is 32.2. The van der Waals surface area contributed by atoms with Crippen molar-refractivity contribution in [2.45, 2.75) is 64.0 Å². The summed E-state index contributed by atoms with van der Waals surface area (Å²) in [5.74, 6) is 1.42. The molecule has 1 aromatic rings. The fourth-order valence-electron chi connectivity index (χ4n) is 5.57. The van der Waals surface area contributed by atoms with E-state index in [2.05, 4.69) is 43.4 Å². The molecule has 0 radical (unpaired) electrons. The lowest BCUT2D eigenvalue weighted by molar-refractivity contribution is -0.285. The van der Waals surface area contributed by atoms with Crippen molar-refractivity contribution in [2.24, 2.45) is 17.3 Å². The molecule has 1 aromatic carbocycles. The van der Waals surface area contributed by atoms with Crippen LogP contribution in [0.25, 0.3) is 0 Å². The zero-order chi connectivity index (χ0) is 17.0. The van der Waals surface area contributed by atoms with Crippen molar-refractivity contribution in [2.75, 3.05) is 13.2 Å². The smallest absolute Gasteiger partial charge is 0.162 e. The van der Waals surface area contributed by atoms with Gasteiger partial charge in [-0.3, -0.25) is 0 Å². The lowest BCUT2D eigenvalue weighted by Gasteiger charge is -2.42. The predicted molar refractivity (Wildman–Crippen MR) is 101 cm³/mol. The average Bonchev–Trinajstić information content (AvgIpc) is 3.08. The Labute approximate surface area is 147 Å². The maximum Gasteiger partial charge on any atom is 0.162 e. The molecule has 4 rings (SSSR count). The monoisotopic (exact) mass is 344 g/mol. The second kappa shape index (κ2) is 5.68. The Morgan fingerprint density at radius 3 is 2.00 bits per heavy atom. The fourth-order valence-corrected chi connectivity index (χ4v) is 8.88. The molecular weight excluding hydrogens is 312 g/mol. The Hall–Kier alpha value is -0.643. The van der Waals surface area contributed by atoms with E-state index in [-0.39, 0.29) is 5.79 Å². The highest BCUT2D eigenvalue weighted by Gasteiger charge is 2.54. The van der Waals surface area contributed by atoms with Crippen molar-refractivity contribution in [3.8, 4) is 0 Å². The van der Waals surface area contributed by atoms with E-state index >= 15 is 0 Å². The Kier molecular flexibility index (Phi) is 3.98. The van der Waals surface area contributed by atoms with E-state index in [1.807, 2.05) is 13.8 Å². The van der Waals surface area contributed by atoms with Gasteiger partial charge in [-0.2, -0.15) is 0 Å². The summed E-state index contributed by atoms with van der Waals surface area (Å²) in [5, 5.41) is 1.63. The van der Waals surface area contributed by atoms with Crippen molar-refractivity contribution in [3.63, 3.8) is 0 Å². The van der Waals surface area contributed by atoms with Crippen LogP contribution in [0.4, 0.5) is 0 Å². The minimum Gasteiger partial charge on any atom is -0.350 e. The van der Waals surface area contributed by atoms with Gasteiger partial charge in [0.15, 0.2) is 5.79 Å². The molecular formula is C21H32O2Si. The molecule has 3 fully saturated rings. The molecule has 1 saturated heterocycles. The summed E-state index contributed by atoms with van der Waals surface area (Å²) in [6.45, 7) is 11.0. The van der Waals surface area contributed by atoms with Crippen LogP contribution in [0, 0.1) is 17.3 Å². The van der Waals surface area contributed by atoms with E-state index in [4.69, 9.17) is 9.47 Å². The molecule has 2 atom stereocenters. The molecule has 1 spiro atoms. The van der Waals surface area contributed by atoms with Crippen molar-refractivity contribution in [1.29, 1.82) is 0 Å². The second-order valence-electron chi connectivity index (χ2n) is 9.66. The van der Waals surface area contributed by atoms with Crippen LogP contribution in [0.3, 0.4) is 0 Å². The van der Waals surface area contributed by atoms with Gasteiger partial charge in [-0.15, -0.1) is 0 Å². The second-order valence-corrected chi connectivity index (χ2v) is 14.5. The molecule has 2 aliphatic carbocycles. The topological polar surface area (TPSA) is 18.5 Å². The summed E-state index contributed by atoms with van der Waals surface area (Å²) in [6.07, 6.45) is 5.51. The van der Waals surface area contributed by atoms with Gasteiger partial charge >= 0.3 is 0 Å². The third kappa shape index (κ3) is 2.89. The molecule has 1 heterocycles. The maximum absolute atomic E-state index is 6.02. The molecule has 0 amide bonds. The number of hydrogen-bond donors (Lipinski definition) is 0. The molecule has 2 saturated carbocycles. The predicted octanol–water partition coefficient (Wildman–Crippen LogP) is 4.56. The fraction of sp³-hybridized carbons (Fsp3) is 0.714. The summed E-state index contributed by atoms with van der Waals surface area (Å²) < 4.78 is 12.0. The summed E-state index contributed by atoms with van der Waals surface area (Å²) in [5.41, 5.74) is 1.25. The van der Waals surface area contributed by atoms with Crippen molar-refractivity contribution in [3.05, 3.63) is 30.3 Å². The number of hydrogen-bond acceptors (Lipinski definition) is 2. The van der Waals surface area contributed by atoms with Gasteiger partial charge in [-0.05, 0) is 56.9 Å². The average molecular weight is 345 g/mol. The van der Waals surface area contributed by atoms with Gasteiger partial charge in [0, 0.05) is 5.41 Å². The highest BCUT2D eigenvalue weighted by molar-refractivity contribution is 6.91. The first kappa shape index (κ1) is 16.8. The number of fused-ring (bicyclic) bond motifs is 1. The van der Waals surface area contributed by atoms with Crippen molar-refractivity contribution < 1.29 is 9.47 Å². The number of benzene rings is 1. The SMILES string of the molecule is CC1(C)OCC2(CO1)C[C@@H]1CC([Si](C)(C)c3ccccc3)C[C@H]1C2. The minimum atomic E-state index is -1.36. The molecule has 0 N–H and O–H groups in total. The largest absolute Gasteiger partial charge is 0.350 e. The summed E-state index contributed by atoms with van der Waals surface area (Å²) >= 11 is 0. The van der Waals surface area contributed by atoms with Crippen molar-refractivity contribution in [1.82, 2.24) is 0 Å². The van der Waals surface area contributed by atoms with Gasteiger partial charge in [-0.25, -0.2) is 0 Å². The molecule has 0 aromatic heterocycles. The Morgan fingerprint density at radius 2 is 1.46 bits per heavy atom. The van der Waals surface area contributed by atoms with Crippen LogP contribution >= 0.6 is 0 Å². The van der Waals surface area contributed by atoms with Gasteiger partial charge < -0.3 is 9.47 Å². The molecule has 0 bridgehead atoms. The van der Waals surface area contributed by atoms with E-state index < -0.39 is 8.07 Å². The lowest BCUT2D eigenvalue weighted by atomic mass is 9.84. The first-order valence-electron chi connectivity index (χ1n) is 9.63. The van der Waals surface area contributed by atoms with E-state index in [0.717, 1.165) is 30.6 Å². The summed E-state index contributed by atoms with van der Waals surface area (Å²) in [4.78, 5) is 0. The zero-order valence-electron chi connectivity index (χ0n) is 15.7. The number of ether oxygens (including phenoxy) is 2. The van der Waals surface area contributed by atoms with Crippen LogP contribution in [-0.4, -0.2) is 27.1 Å². The summed E-state index contributed by atoms with van der Waals surface area (Å²) in [6, 6.07) is 11.3. The Balaban J connectivity index is 1.43. The minimum absolute atomic E-state index is 0.314. The van der Waals surface area contributed by atoms with Crippen molar-refractivity contribution >= 4 is 13.3 Å². The van der Waals surface area contributed by atoms with Crippen LogP contribution in [0.15, 0.2) is 30.3 Å². The highest BCUT2D eigenvalue weighted by Crippen LogP contribution is 2.59.